The van der Waals surface area contributed by atoms with E-state index in [1.54, 1.807) is 11.0 Å². The van der Waals surface area contributed by atoms with Crippen molar-refractivity contribution in [2.45, 2.75) is 65.1 Å². The van der Waals surface area contributed by atoms with Crippen molar-refractivity contribution in [2.24, 2.45) is 0 Å². The van der Waals surface area contributed by atoms with Crippen LogP contribution in [0.1, 0.15) is 51.3 Å². The lowest BCUT2D eigenvalue weighted by Gasteiger charge is -2.32. The standard InChI is InChI=1S/C31H36BrClN2O3/c1-21(2)34-30(37)27(17-22-10-7-6-8-11-22)35(19-23-12-9-13-25(33)16-23)29(36)20-38-28-15-14-24(18-26(28)32)31(3,4)5/h6-16,18,21,27H,17,19-20H2,1-5H3,(H,34,37)/t27-/m1/s1. The third-order valence-corrected chi connectivity index (χ3v) is 6.95. The molecular formula is C31H36BrClN2O3. The van der Waals surface area contributed by atoms with E-state index >= 15 is 0 Å². The molecule has 0 aliphatic carbocycles. The summed E-state index contributed by atoms with van der Waals surface area (Å²) in [6.45, 7) is 10.2. The first kappa shape index (κ1) is 29.7. The number of halogens is 2. The minimum atomic E-state index is -0.735. The van der Waals surface area contributed by atoms with Gasteiger partial charge in [-0.25, -0.2) is 0 Å². The second-order valence-corrected chi connectivity index (χ2v) is 12.0. The third-order valence-electron chi connectivity index (χ3n) is 6.09. The van der Waals surface area contributed by atoms with Gasteiger partial charge in [0.15, 0.2) is 6.61 Å². The Hall–Kier alpha value is -2.83. The maximum absolute atomic E-state index is 13.7. The van der Waals surface area contributed by atoms with Crippen LogP contribution in [0.3, 0.4) is 0 Å². The number of hydrogen-bond donors (Lipinski definition) is 1. The van der Waals surface area contributed by atoms with Crippen LogP contribution in [0.5, 0.6) is 5.75 Å². The summed E-state index contributed by atoms with van der Waals surface area (Å²) in [5, 5.41) is 3.56. The van der Waals surface area contributed by atoms with Crippen LogP contribution in [0.4, 0.5) is 0 Å². The number of ether oxygens (including phenoxy) is 1. The lowest BCUT2D eigenvalue weighted by Crippen LogP contribution is -2.52. The second kappa shape index (κ2) is 13.3. The van der Waals surface area contributed by atoms with Crippen LogP contribution in [0, 0.1) is 0 Å². The Labute approximate surface area is 239 Å². The van der Waals surface area contributed by atoms with Crippen molar-refractivity contribution in [2.75, 3.05) is 6.61 Å². The molecule has 0 radical (unpaired) electrons. The highest BCUT2D eigenvalue weighted by Gasteiger charge is 2.31. The summed E-state index contributed by atoms with van der Waals surface area (Å²) in [5.41, 5.74) is 2.93. The van der Waals surface area contributed by atoms with Crippen molar-refractivity contribution in [1.29, 1.82) is 0 Å². The van der Waals surface area contributed by atoms with Gasteiger partial charge < -0.3 is 15.0 Å². The minimum absolute atomic E-state index is 0.0148. The molecule has 0 saturated heterocycles. The second-order valence-electron chi connectivity index (χ2n) is 10.7. The van der Waals surface area contributed by atoms with Crippen LogP contribution in [0.15, 0.2) is 77.3 Å². The Morgan fingerprint density at radius 1 is 0.974 bits per heavy atom. The summed E-state index contributed by atoms with van der Waals surface area (Å²) in [4.78, 5) is 28.8. The summed E-state index contributed by atoms with van der Waals surface area (Å²) in [6, 6.07) is 22.1. The lowest BCUT2D eigenvalue weighted by atomic mass is 9.87. The zero-order valence-electron chi connectivity index (χ0n) is 22.6. The van der Waals surface area contributed by atoms with E-state index in [1.807, 2.05) is 80.6 Å². The Morgan fingerprint density at radius 2 is 1.66 bits per heavy atom. The van der Waals surface area contributed by atoms with Crippen molar-refractivity contribution in [3.05, 3.63) is 99.0 Å². The normalized spacial score (nSPS) is 12.2. The van der Waals surface area contributed by atoms with Crippen molar-refractivity contribution < 1.29 is 14.3 Å². The molecule has 0 saturated carbocycles. The van der Waals surface area contributed by atoms with Crippen molar-refractivity contribution in [3.63, 3.8) is 0 Å². The zero-order valence-corrected chi connectivity index (χ0v) is 25.0. The number of rotatable bonds is 10. The monoisotopic (exact) mass is 598 g/mol. The average Bonchev–Trinajstić information content (AvgIpc) is 2.85. The molecule has 1 N–H and O–H groups in total. The highest BCUT2D eigenvalue weighted by molar-refractivity contribution is 9.10. The molecule has 38 heavy (non-hydrogen) atoms. The lowest BCUT2D eigenvalue weighted by molar-refractivity contribution is -0.143. The van der Waals surface area contributed by atoms with Crippen molar-refractivity contribution in [1.82, 2.24) is 10.2 Å². The van der Waals surface area contributed by atoms with E-state index < -0.39 is 6.04 Å². The number of carbonyl (C=O) groups is 2. The maximum atomic E-state index is 13.7. The fraction of sp³-hybridized carbons (Fsp3) is 0.355. The van der Waals surface area contributed by atoms with Gasteiger partial charge >= 0.3 is 0 Å². The van der Waals surface area contributed by atoms with Crippen LogP contribution >= 0.6 is 27.5 Å². The van der Waals surface area contributed by atoms with E-state index in [1.165, 1.54) is 0 Å². The smallest absolute Gasteiger partial charge is 0.261 e. The quantitative estimate of drug-likeness (QED) is 0.275. The molecule has 0 bridgehead atoms. The molecule has 0 heterocycles. The Morgan fingerprint density at radius 3 is 2.26 bits per heavy atom. The fourth-order valence-electron chi connectivity index (χ4n) is 4.07. The molecule has 0 aliphatic heterocycles. The fourth-order valence-corrected chi connectivity index (χ4v) is 4.78. The first-order valence-electron chi connectivity index (χ1n) is 12.7. The van der Waals surface area contributed by atoms with Gasteiger partial charge in [-0.3, -0.25) is 9.59 Å². The summed E-state index contributed by atoms with van der Waals surface area (Å²) >= 11 is 9.82. The number of benzene rings is 3. The molecule has 3 aromatic carbocycles. The van der Waals surface area contributed by atoms with Crippen LogP contribution in [-0.4, -0.2) is 35.4 Å². The highest BCUT2D eigenvalue weighted by atomic mass is 79.9. The molecule has 0 aromatic heterocycles. The zero-order chi connectivity index (χ0) is 27.9. The molecule has 202 valence electrons. The number of amides is 2. The summed E-state index contributed by atoms with van der Waals surface area (Å²) in [5.74, 6) is 0.0619. The van der Waals surface area contributed by atoms with Crippen LogP contribution in [0.25, 0.3) is 0 Å². The van der Waals surface area contributed by atoms with E-state index in [0.717, 1.165) is 21.2 Å². The predicted molar refractivity (Wildman–Crippen MR) is 158 cm³/mol. The van der Waals surface area contributed by atoms with E-state index in [0.29, 0.717) is 17.2 Å². The SMILES string of the molecule is CC(C)NC(=O)[C@@H](Cc1ccccc1)N(Cc1cccc(Cl)c1)C(=O)COc1ccc(C(C)(C)C)cc1Br. The van der Waals surface area contributed by atoms with Gasteiger partial charge in [0, 0.05) is 24.0 Å². The Bertz CT molecular complexity index is 1240. The van der Waals surface area contributed by atoms with Gasteiger partial charge in [0.2, 0.25) is 5.91 Å². The molecule has 1 atom stereocenters. The molecule has 0 aliphatic rings. The molecule has 3 aromatic rings. The van der Waals surface area contributed by atoms with Gasteiger partial charge in [-0.2, -0.15) is 0 Å². The molecule has 7 heteroatoms. The van der Waals surface area contributed by atoms with E-state index in [9.17, 15) is 9.59 Å². The topological polar surface area (TPSA) is 58.6 Å². The molecule has 0 fully saturated rings. The van der Waals surface area contributed by atoms with Crippen molar-refractivity contribution >= 4 is 39.3 Å². The van der Waals surface area contributed by atoms with Crippen LogP contribution in [-0.2, 0) is 28.0 Å². The molecule has 2 amide bonds. The van der Waals surface area contributed by atoms with Crippen LogP contribution < -0.4 is 10.1 Å². The molecule has 5 nitrogen and oxygen atoms in total. The average molecular weight is 600 g/mol. The van der Waals surface area contributed by atoms with Crippen molar-refractivity contribution in [3.8, 4) is 5.75 Å². The van der Waals surface area contributed by atoms with Gasteiger partial charge in [0.25, 0.3) is 5.91 Å². The van der Waals surface area contributed by atoms with Gasteiger partial charge in [0.05, 0.1) is 4.47 Å². The molecule has 3 rings (SSSR count). The van der Waals surface area contributed by atoms with Crippen LogP contribution in [0.2, 0.25) is 5.02 Å². The first-order valence-corrected chi connectivity index (χ1v) is 13.9. The minimum Gasteiger partial charge on any atom is -0.483 e. The van der Waals surface area contributed by atoms with Gasteiger partial charge in [-0.15, -0.1) is 0 Å². The summed E-state index contributed by atoms with van der Waals surface area (Å²) < 4.78 is 6.75. The van der Waals surface area contributed by atoms with Gasteiger partial charge in [-0.05, 0) is 76.1 Å². The van der Waals surface area contributed by atoms with Gasteiger partial charge in [0.1, 0.15) is 11.8 Å². The molecule has 0 unspecified atom stereocenters. The number of carbonyl (C=O) groups excluding carboxylic acids is 2. The van der Waals surface area contributed by atoms with E-state index in [-0.39, 0.29) is 36.4 Å². The Kier molecular flexibility index (Phi) is 10.4. The summed E-state index contributed by atoms with van der Waals surface area (Å²) in [7, 11) is 0. The van der Waals surface area contributed by atoms with E-state index in [4.69, 9.17) is 16.3 Å². The molecular weight excluding hydrogens is 564 g/mol. The van der Waals surface area contributed by atoms with Gasteiger partial charge in [-0.1, -0.05) is 80.9 Å². The first-order chi connectivity index (χ1) is 17.9. The maximum Gasteiger partial charge on any atom is 0.261 e. The number of nitrogens with one attached hydrogen (secondary N) is 1. The third kappa shape index (κ3) is 8.60. The Balaban J connectivity index is 1.91. The summed E-state index contributed by atoms with van der Waals surface area (Å²) in [6.07, 6.45) is 0.371. The largest absolute Gasteiger partial charge is 0.483 e. The van der Waals surface area contributed by atoms with E-state index in [2.05, 4.69) is 42.0 Å². The molecule has 0 spiro atoms. The predicted octanol–water partition coefficient (Wildman–Crippen LogP) is 6.94. The number of nitrogens with zero attached hydrogens (tertiary/aromatic N) is 1. The highest BCUT2D eigenvalue weighted by Crippen LogP contribution is 2.31. The number of hydrogen-bond acceptors (Lipinski definition) is 3.